The zero-order valence-electron chi connectivity index (χ0n) is 14.1. The SMILES string of the molecule is N=C(N1C2=C(CCOC2)N(CC2CC2)C(=O)C1N)C1(C2CC2)CC1. The predicted molar refractivity (Wildman–Crippen MR) is 88.8 cm³/mol. The molecule has 0 spiro atoms. The van der Waals surface area contributed by atoms with Crippen LogP contribution in [0.4, 0.5) is 0 Å². The van der Waals surface area contributed by atoms with E-state index in [1.807, 2.05) is 9.80 Å². The van der Waals surface area contributed by atoms with Gasteiger partial charge in [-0.1, -0.05) is 0 Å². The largest absolute Gasteiger partial charge is 0.375 e. The van der Waals surface area contributed by atoms with E-state index in [1.165, 1.54) is 25.7 Å². The van der Waals surface area contributed by atoms with Crippen molar-refractivity contribution >= 4 is 11.7 Å². The van der Waals surface area contributed by atoms with E-state index >= 15 is 0 Å². The highest BCUT2D eigenvalue weighted by Gasteiger charge is 2.60. The molecule has 3 aliphatic carbocycles. The standard InChI is InChI=1S/C18H26N4O2/c19-15-16(23)21(9-11-1-2-11)13-5-8-24-10-14(13)22(15)17(20)18(6-7-18)12-3-4-12/h11-12,15,20H,1-10,19H2. The van der Waals surface area contributed by atoms with Crippen molar-refractivity contribution in [3.05, 3.63) is 11.4 Å². The number of hydrogen-bond acceptors (Lipinski definition) is 4. The fourth-order valence-corrected chi connectivity index (χ4v) is 4.52. The molecule has 0 aromatic carbocycles. The van der Waals surface area contributed by atoms with E-state index in [0.717, 1.165) is 37.2 Å². The van der Waals surface area contributed by atoms with Gasteiger partial charge < -0.3 is 20.3 Å². The topological polar surface area (TPSA) is 82.7 Å². The molecule has 1 atom stereocenters. The molecule has 3 saturated carbocycles. The van der Waals surface area contributed by atoms with Crippen LogP contribution in [0.25, 0.3) is 0 Å². The maximum absolute atomic E-state index is 13.0. The van der Waals surface area contributed by atoms with Crippen LogP contribution in [-0.2, 0) is 9.53 Å². The molecule has 0 aromatic heterocycles. The van der Waals surface area contributed by atoms with Crippen LogP contribution in [0.5, 0.6) is 0 Å². The molecular weight excluding hydrogens is 304 g/mol. The van der Waals surface area contributed by atoms with E-state index in [-0.39, 0.29) is 11.3 Å². The summed E-state index contributed by atoms with van der Waals surface area (Å²) in [6, 6.07) is 0. The van der Waals surface area contributed by atoms with Crippen LogP contribution < -0.4 is 5.73 Å². The average molecular weight is 330 g/mol. The molecule has 1 unspecified atom stereocenters. The van der Waals surface area contributed by atoms with Crippen molar-refractivity contribution in [2.75, 3.05) is 19.8 Å². The molecular formula is C18H26N4O2. The van der Waals surface area contributed by atoms with Crippen LogP contribution in [0.3, 0.4) is 0 Å². The van der Waals surface area contributed by atoms with Crippen LogP contribution in [0.15, 0.2) is 11.4 Å². The number of nitrogens with zero attached hydrogens (tertiary/aromatic N) is 2. The van der Waals surface area contributed by atoms with E-state index < -0.39 is 6.17 Å². The molecule has 1 amide bonds. The molecule has 0 bridgehead atoms. The van der Waals surface area contributed by atoms with Gasteiger partial charge in [-0.05, 0) is 50.4 Å². The van der Waals surface area contributed by atoms with E-state index in [2.05, 4.69) is 0 Å². The quantitative estimate of drug-likeness (QED) is 0.606. The Labute approximate surface area is 142 Å². The molecule has 24 heavy (non-hydrogen) atoms. The lowest BCUT2D eigenvalue weighted by atomic mass is 9.95. The summed E-state index contributed by atoms with van der Waals surface area (Å²) in [5, 5.41) is 8.87. The smallest absolute Gasteiger partial charge is 0.264 e. The maximum atomic E-state index is 13.0. The molecule has 5 rings (SSSR count). The van der Waals surface area contributed by atoms with Gasteiger partial charge in [0, 0.05) is 24.1 Å². The van der Waals surface area contributed by atoms with Gasteiger partial charge in [0.2, 0.25) is 0 Å². The first kappa shape index (κ1) is 14.9. The van der Waals surface area contributed by atoms with Crippen LogP contribution in [0, 0.1) is 22.7 Å². The highest BCUT2D eigenvalue weighted by molar-refractivity contribution is 5.96. The Balaban J connectivity index is 1.51. The third-order valence-electron chi connectivity index (χ3n) is 6.47. The molecule has 0 saturated heterocycles. The Hall–Kier alpha value is -1.40. The number of carbonyl (C=O) groups is 1. The van der Waals surface area contributed by atoms with Crippen LogP contribution in [0.1, 0.15) is 44.9 Å². The molecule has 6 nitrogen and oxygen atoms in total. The molecule has 2 heterocycles. The van der Waals surface area contributed by atoms with Crippen LogP contribution in [0.2, 0.25) is 0 Å². The predicted octanol–water partition coefficient (Wildman–Crippen LogP) is 1.62. The van der Waals surface area contributed by atoms with Gasteiger partial charge in [0.15, 0.2) is 6.17 Å². The van der Waals surface area contributed by atoms with Gasteiger partial charge in [0.1, 0.15) is 5.84 Å². The summed E-state index contributed by atoms with van der Waals surface area (Å²) in [5.41, 5.74) is 8.40. The van der Waals surface area contributed by atoms with Crippen LogP contribution in [-0.4, -0.2) is 47.5 Å². The van der Waals surface area contributed by atoms with Crippen molar-refractivity contribution in [2.45, 2.75) is 51.1 Å². The second kappa shape index (κ2) is 5.05. The zero-order valence-corrected chi connectivity index (χ0v) is 14.1. The monoisotopic (exact) mass is 330 g/mol. The Kier molecular flexibility index (Phi) is 3.14. The van der Waals surface area contributed by atoms with Crippen molar-refractivity contribution < 1.29 is 9.53 Å². The minimum Gasteiger partial charge on any atom is -0.375 e. The van der Waals surface area contributed by atoms with Crippen molar-refractivity contribution in [1.82, 2.24) is 9.80 Å². The number of amidine groups is 1. The normalized spacial score (nSPS) is 32.0. The highest BCUT2D eigenvalue weighted by Crippen LogP contribution is 2.62. The second-order valence-electron chi connectivity index (χ2n) is 8.18. The number of ether oxygens (including phenoxy) is 1. The number of nitrogens with one attached hydrogen (secondary N) is 1. The molecule has 2 aliphatic heterocycles. The number of hydrogen-bond donors (Lipinski definition) is 2. The van der Waals surface area contributed by atoms with E-state index in [0.29, 0.717) is 30.9 Å². The van der Waals surface area contributed by atoms with Gasteiger partial charge in [-0.3, -0.25) is 10.2 Å². The number of rotatable bonds is 4. The fraction of sp³-hybridized carbons (Fsp3) is 0.778. The summed E-state index contributed by atoms with van der Waals surface area (Å²) in [7, 11) is 0. The molecule has 130 valence electrons. The summed E-state index contributed by atoms with van der Waals surface area (Å²) in [6.07, 6.45) is 7.00. The van der Waals surface area contributed by atoms with Gasteiger partial charge in [-0.2, -0.15) is 0 Å². The minimum absolute atomic E-state index is 0.00782. The maximum Gasteiger partial charge on any atom is 0.264 e. The summed E-state index contributed by atoms with van der Waals surface area (Å²) < 4.78 is 5.69. The zero-order chi connectivity index (χ0) is 16.5. The molecule has 3 fully saturated rings. The van der Waals surface area contributed by atoms with Crippen molar-refractivity contribution in [1.29, 1.82) is 5.41 Å². The molecule has 0 radical (unpaired) electrons. The van der Waals surface area contributed by atoms with E-state index in [9.17, 15) is 4.79 Å². The second-order valence-corrected chi connectivity index (χ2v) is 8.18. The van der Waals surface area contributed by atoms with Gasteiger partial charge in [0.05, 0.1) is 18.9 Å². The summed E-state index contributed by atoms with van der Waals surface area (Å²) in [5.74, 6) is 1.81. The highest BCUT2D eigenvalue weighted by atomic mass is 16.5. The van der Waals surface area contributed by atoms with Crippen molar-refractivity contribution in [3.8, 4) is 0 Å². The Morgan fingerprint density at radius 1 is 1.25 bits per heavy atom. The van der Waals surface area contributed by atoms with Crippen molar-refractivity contribution in [3.63, 3.8) is 0 Å². The molecule has 3 N–H and O–H groups in total. The first-order valence-corrected chi connectivity index (χ1v) is 9.37. The number of carbonyl (C=O) groups excluding carboxylic acids is 1. The third-order valence-corrected chi connectivity index (χ3v) is 6.47. The van der Waals surface area contributed by atoms with Gasteiger partial charge in [-0.15, -0.1) is 0 Å². The number of amides is 1. The van der Waals surface area contributed by atoms with Crippen molar-refractivity contribution in [2.24, 2.45) is 23.0 Å². The average Bonchev–Trinajstić information content (AvgIpc) is 3.45. The Morgan fingerprint density at radius 2 is 2.00 bits per heavy atom. The Morgan fingerprint density at radius 3 is 2.62 bits per heavy atom. The van der Waals surface area contributed by atoms with E-state index in [1.54, 1.807) is 0 Å². The Bertz CT molecular complexity index is 631. The van der Waals surface area contributed by atoms with Gasteiger partial charge in [-0.25, -0.2) is 0 Å². The van der Waals surface area contributed by atoms with Crippen LogP contribution >= 0.6 is 0 Å². The van der Waals surface area contributed by atoms with Gasteiger partial charge in [0.25, 0.3) is 5.91 Å². The summed E-state index contributed by atoms with van der Waals surface area (Å²) in [6.45, 7) is 1.92. The molecule has 0 aromatic rings. The number of nitrogens with two attached hydrogens (primary N) is 1. The minimum atomic E-state index is -0.757. The van der Waals surface area contributed by atoms with Gasteiger partial charge >= 0.3 is 0 Å². The summed E-state index contributed by atoms with van der Waals surface area (Å²) in [4.78, 5) is 16.7. The lowest BCUT2D eigenvalue weighted by Gasteiger charge is -2.46. The first-order valence-electron chi connectivity index (χ1n) is 9.37. The lowest BCUT2D eigenvalue weighted by molar-refractivity contribution is -0.136. The van der Waals surface area contributed by atoms with E-state index in [4.69, 9.17) is 15.9 Å². The fourth-order valence-electron chi connectivity index (χ4n) is 4.52. The lowest BCUT2D eigenvalue weighted by Crippen LogP contribution is -2.62. The third kappa shape index (κ3) is 2.15. The molecule has 5 aliphatic rings. The molecule has 6 heteroatoms. The first-order chi connectivity index (χ1) is 11.6. The summed E-state index contributed by atoms with van der Waals surface area (Å²) >= 11 is 0.